The van der Waals surface area contributed by atoms with Crippen LogP contribution in [0.15, 0.2) is 0 Å². The largest absolute Gasteiger partial charge is 0.447 e. The Morgan fingerprint density at radius 1 is 1.69 bits per heavy atom. The predicted octanol–water partition coefficient (Wildman–Crippen LogP) is -1.19. The number of carbonyl (C=O) groups is 1. The summed E-state index contributed by atoms with van der Waals surface area (Å²) in [6, 6.07) is 0. The van der Waals surface area contributed by atoms with Crippen molar-refractivity contribution in [2.75, 3.05) is 12.5 Å². The van der Waals surface area contributed by atoms with Crippen molar-refractivity contribution in [2.24, 2.45) is 11.1 Å². The van der Waals surface area contributed by atoms with Crippen molar-refractivity contribution in [1.29, 1.82) is 0 Å². The fourth-order valence-electron chi connectivity index (χ4n) is 0.892. The molecule has 2 unspecified atom stereocenters. The van der Waals surface area contributed by atoms with Crippen LogP contribution in [0.3, 0.4) is 0 Å². The van der Waals surface area contributed by atoms with Crippen LogP contribution in [0.25, 0.3) is 0 Å². The van der Waals surface area contributed by atoms with Crippen molar-refractivity contribution in [1.82, 2.24) is 0 Å². The lowest BCUT2D eigenvalue weighted by Crippen LogP contribution is -2.44. The molecule has 2 N–H and O–H groups in total. The molecule has 1 fully saturated rings. The minimum absolute atomic E-state index is 0.201. The first-order chi connectivity index (χ1) is 5.90. The maximum absolute atomic E-state index is 11.1. The fraction of sp³-hybridized carbons (Fsp3) is 0.833. The van der Waals surface area contributed by atoms with E-state index >= 15 is 0 Å². The molecule has 1 heterocycles. The third-order valence-electron chi connectivity index (χ3n) is 1.77. The van der Waals surface area contributed by atoms with Crippen LogP contribution in [0, 0.1) is 5.92 Å². The lowest BCUT2D eigenvalue weighted by Gasteiger charge is -2.31. The normalized spacial score (nSPS) is 27.8. The Bertz CT molecular complexity index is 298. The van der Waals surface area contributed by atoms with Crippen molar-refractivity contribution >= 4 is 16.0 Å². The van der Waals surface area contributed by atoms with Gasteiger partial charge in [0.05, 0.1) is 12.7 Å². The van der Waals surface area contributed by atoms with Crippen LogP contribution < -0.4 is 5.14 Å². The molecule has 2 atom stereocenters. The second kappa shape index (κ2) is 3.60. The average molecular weight is 209 g/mol. The molecule has 0 spiro atoms. The van der Waals surface area contributed by atoms with Gasteiger partial charge in [-0.3, -0.25) is 4.79 Å². The van der Waals surface area contributed by atoms with Crippen molar-refractivity contribution in [3.63, 3.8) is 0 Å². The molecule has 1 rings (SSSR count). The summed E-state index contributed by atoms with van der Waals surface area (Å²) < 4.78 is 30.2. The Morgan fingerprint density at radius 2 is 2.31 bits per heavy atom. The topological polar surface area (TPSA) is 95.7 Å². The van der Waals surface area contributed by atoms with Crippen molar-refractivity contribution < 1.29 is 22.7 Å². The van der Waals surface area contributed by atoms with Gasteiger partial charge in [0.1, 0.15) is 5.92 Å². The maximum Gasteiger partial charge on any atom is 0.315 e. The number of ether oxygens (including phenoxy) is 2. The van der Waals surface area contributed by atoms with E-state index in [-0.39, 0.29) is 18.6 Å². The minimum atomic E-state index is -3.74. The molecule has 1 saturated heterocycles. The summed E-state index contributed by atoms with van der Waals surface area (Å²) in [6.07, 6.45) is -0.201. The van der Waals surface area contributed by atoms with Crippen LogP contribution >= 0.6 is 0 Å². The molecule has 0 bridgehead atoms. The number of rotatable bonds is 3. The minimum Gasteiger partial charge on any atom is -0.447 e. The van der Waals surface area contributed by atoms with Gasteiger partial charge in [0.15, 0.2) is 0 Å². The van der Waals surface area contributed by atoms with Crippen LogP contribution in [0.1, 0.15) is 6.92 Å². The fourth-order valence-corrected chi connectivity index (χ4v) is 1.17. The summed E-state index contributed by atoms with van der Waals surface area (Å²) in [4.78, 5) is 11.1. The van der Waals surface area contributed by atoms with E-state index < -0.39 is 21.9 Å². The van der Waals surface area contributed by atoms with Crippen LogP contribution in [-0.2, 0) is 24.3 Å². The van der Waals surface area contributed by atoms with E-state index in [4.69, 9.17) is 4.74 Å². The number of esters is 1. The number of hydrogen-bond acceptors (Lipinski definition) is 5. The first-order valence-corrected chi connectivity index (χ1v) is 5.40. The van der Waals surface area contributed by atoms with Crippen molar-refractivity contribution in [3.05, 3.63) is 0 Å². The number of sulfonamides is 1. The summed E-state index contributed by atoms with van der Waals surface area (Å²) in [5, 5.41) is 4.64. The highest BCUT2D eigenvalue weighted by molar-refractivity contribution is 7.88. The van der Waals surface area contributed by atoms with Gasteiger partial charge in [0, 0.05) is 0 Å². The van der Waals surface area contributed by atoms with Gasteiger partial charge in [0.25, 0.3) is 0 Å². The molecule has 0 aliphatic carbocycles. The van der Waals surface area contributed by atoms with Crippen LogP contribution in [0.2, 0.25) is 0 Å². The van der Waals surface area contributed by atoms with Crippen LogP contribution in [-0.4, -0.2) is 33.0 Å². The number of primary sulfonamides is 1. The Kier molecular flexibility index (Phi) is 2.89. The highest BCUT2D eigenvalue weighted by Gasteiger charge is 2.36. The standard InChI is InChI=1S/C6H11NO5S/c1-4-5(2-11-4)6(8)12-3-13(7,9)10/h4-5H,2-3H2,1H3,(H2,7,9,10). The zero-order chi connectivity index (χ0) is 10.1. The third-order valence-corrected chi connectivity index (χ3v) is 2.22. The third kappa shape index (κ3) is 2.94. The lowest BCUT2D eigenvalue weighted by atomic mass is 10.0. The van der Waals surface area contributed by atoms with Gasteiger partial charge in [-0.25, -0.2) is 13.6 Å². The highest BCUT2D eigenvalue weighted by atomic mass is 32.2. The van der Waals surface area contributed by atoms with E-state index in [1.807, 2.05) is 0 Å². The molecular formula is C6H11NO5S. The number of nitrogens with two attached hydrogens (primary N) is 1. The molecule has 0 aromatic heterocycles. The van der Waals surface area contributed by atoms with Gasteiger partial charge < -0.3 is 9.47 Å². The molecule has 0 aromatic carbocycles. The second-order valence-corrected chi connectivity index (χ2v) is 4.45. The van der Waals surface area contributed by atoms with Gasteiger partial charge in [-0.1, -0.05) is 0 Å². The molecule has 13 heavy (non-hydrogen) atoms. The average Bonchev–Trinajstić information content (AvgIpc) is 1.97. The molecule has 1 aliphatic rings. The van der Waals surface area contributed by atoms with E-state index in [2.05, 4.69) is 9.88 Å². The van der Waals surface area contributed by atoms with Crippen molar-refractivity contribution in [2.45, 2.75) is 13.0 Å². The molecule has 0 aromatic rings. The molecule has 6 nitrogen and oxygen atoms in total. The quantitative estimate of drug-likeness (QED) is 0.590. The molecular weight excluding hydrogens is 198 g/mol. The predicted molar refractivity (Wildman–Crippen MR) is 43.0 cm³/mol. The van der Waals surface area contributed by atoms with E-state index in [0.717, 1.165) is 0 Å². The SMILES string of the molecule is CC1OCC1C(=O)OCS(N)(=O)=O. The van der Waals surface area contributed by atoms with Gasteiger partial charge in [-0.2, -0.15) is 0 Å². The summed E-state index contributed by atoms with van der Waals surface area (Å²) in [6.45, 7) is 2.00. The molecule has 0 amide bonds. The summed E-state index contributed by atoms with van der Waals surface area (Å²) >= 11 is 0. The maximum atomic E-state index is 11.1. The highest BCUT2D eigenvalue weighted by Crippen LogP contribution is 2.20. The van der Waals surface area contributed by atoms with E-state index in [1.54, 1.807) is 6.92 Å². The molecule has 0 saturated carbocycles. The van der Waals surface area contributed by atoms with Crippen LogP contribution in [0.5, 0.6) is 0 Å². The lowest BCUT2D eigenvalue weighted by molar-refractivity contribution is -0.173. The summed E-state index contributed by atoms with van der Waals surface area (Å²) in [5.41, 5.74) is 0. The van der Waals surface area contributed by atoms with Crippen molar-refractivity contribution in [3.8, 4) is 0 Å². The first-order valence-electron chi connectivity index (χ1n) is 3.69. The zero-order valence-electron chi connectivity index (χ0n) is 7.10. The summed E-state index contributed by atoms with van der Waals surface area (Å²) in [5.74, 6) is -1.70. The summed E-state index contributed by atoms with van der Waals surface area (Å²) in [7, 11) is -3.74. The van der Waals surface area contributed by atoms with Crippen LogP contribution in [0.4, 0.5) is 0 Å². The zero-order valence-corrected chi connectivity index (χ0v) is 7.91. The molecule has 7 heteroatoms. The van der Waals surface area contributed by atoms with E-state index in [9.17, 15) is 13.2 Å². The molecule has 76 valence electrons. The van der Waals surface area contributed by atoms with E-state index in [1.165, 1.54) is 0 Å². The Hall–Kier alpha value is -0.660. The Balaban J connectivity index is 2.34. The van der Waals surface area contributed by atoms with Gasteiger partial charge in [0.2, 0.25) is 16.0 Å². The Labute approximate surface area is 76.0 Å². The second-order valence-electron chi connectivity index (χ2n) is 2.89. The molecule has 0 radical (unpaired) electrons. The van der Waals surface area contributed by atoms with Gasteiger partial charge in [-0.15, -0.1) is 0 Å². The van der Waals surface area contributed by atoms with E-state index in [0.29, 0.717) is 0 Å². The monoisotopic (exact) mass is 209 g/mol. The van der Waals surface area contributed by atoms with Gasteiger partial charge in [-0.05, 0) is 6.92 Å². The Morgan fingerprint density at radius 3 is 2.62 bits per heavy atom. The smallest absolute Gasteiger partial charge is 0.315 e. The first kappa shape index (κ1) is 10.4. The molecule has 1 aliphatic heterocycles. The van der Waals surface area contributed by atoms with Gasteiger partial charge >= 0.3 is 5.97 Å². The number of hydrogen-bond donors (Lipinski definition) is 1. The number of carbonyl (C=O) groups excluding carboxylic acids is 1.